The molecule has 0 saturated carbocycles. The molecule has 0 bridgehead atoms. The van der Waals surface area contributed by atoms with Crippen molar-refractivity contribution in [3.8, 4) is 23.8 Å². The van der Waals surface area contributed by atoms with Crippen LogP contribution in [0.3, 0.4) is 0 Å². The Bertz CT molecular complexity index is 277. The number of aromatic hydroxyl groups is 2. The quantitative estimate of drug-likeness (QED) is 0.589. The van der Waals surface area contributed by atoms with Crippen LogP contribution in [0.25, 0.3) is 0 Å². The van der Waals surface area contributed by atoms with Gasteiger partial charge in [-0.3, -0.25) is 0 Å². The van der Waals surface area contributed by atoms with E-state index in [0.29, 0.717) is 6.42 Å². The highest BCUT2D eigenvalue weighted by atomic mass is 16.3. The third kappa shape index (κ3) is 1.91. The van der Waals surface area contributed by atoms with Gasteiger partial charge in [-0.05, 0) is 17.7 Å². The minimum atomic E-state index is 0.0373. The second-order valence-electron chi connectivity index (χ2n) is 2.24. The molecule has 0 aromatic heterocycles. The van der Waals surface area contributed by atoms with E-state index in [-0.39, 0.29) is 11.5 Å². The maximum Gasteiger partial charge on any atom is 0.119 e. The molecule has 0 radical (unpaired) electrons. The molecule has 1 aromatic rings. The topological polar surface area (TPSA) is 40.5 Å². The number of phenols is 2. The van der Waals surface area contributed by atoms with Gasteiger partial charge >= 0.3 is 0 Å². The van der Waals surface area contributed by atoms with Crippen molar-refractivity contribution in [3.05, 3.63) is 23.8 Å². The Morgan fingerprint density at radius 2 is 1.73 bits per heavy atom. The van der Waals surface area contributed by atoms with E-state index < -0.39 is 0 Å². The van der Waals surface area contributed by atoms with Crippen LogP contribution in [0.2, 0.25) is 0 Å². The Balaban J connectivity index is 3.01. The average Bonchev–Trinajstić information content (AvgIpc) is 1.85. The van der Waals surface area contributed by atoms with Crippen molar-refractivity contribution in [2.75, 3.05) is 0 Å². The van der Waals surface area contributed by atoms with Crippen molar-refractivity contribution in [3.63, 3.8) is 0 Å². The number of phenolic OH excluding ortho intramolecular Hbond substituents is 2. The lowest BCUT2D eigenvalue weighted by atomic mass is 10.1. The summed E-state index contributed by atoms with van der Waals surface area (Å²) in [5, 5.41) is 18.0. The Kier molecular flexibility index (Phi) is 2.03. The van der Waals surface area contributed by atoms with Crippen molar-refractivity contribution < 1.29 is 10.2 Å². The van der Waals surface area contributed by atoms with Crippen molar-refractivity contribution in [2.24, 2.45) is 0 Å². The van der Waals surface area contributed by atoms with Crippen LogP contribution in [-0.2, 0) is 6.42 Å². The summed E-state index contributed by atoms with van der Waals surface area (Å²) in [5.41, 5.74) is 0.741. The maximum atomic E-state index is 8.99. The molecule has 11 heavy (non-hydrogen) atoms. The van der Waals surface area contributed by atoms with E-state index in [1.165, 1.54) is 18.2 Å². The van der Waals surface area contributed by atoms with Gasteiger partial charge < -0.3 is 10.2 Å². The number of rotatable bonds is 1. The largest absolute Gasteiger partial charge is 0.508 e. The van der Waals surface area contributed by atoms with Crippen LogP contribution in [0, 0.1) is 12.3 Å². The second-order valence-corrected chi connectivity index (χ2v) is 2.24. The second kappa shape index (κ2) is 2.98. The lowest BCUT2D eigenvalue weighted by molar-refractivity contribution is 0.449. The summed E-state index contributed by atoms with van der Waals surface area (Å²) < 4.78 is 0. The van der Waals surface area contributed by atoms with E-state index in [1.807, 2.05) is 0 Å². The summed E-state index contributed by atoms with van der Waals surface area (Å²) in [6, 6.07) is 4.32. The zero-order valence-electron chi connectivity index (χ0n) is 5.91. The van der Waals surface area contributed by atoms with Crippen LogP contribution < -0.4 is 0 Å². The van der Waals surface area contributed by atoms with Gasteiger partial charge in [-0.1, -0.05) is 0 Å². The number of benzene rings is 1. The summed E-state index contributed by atoms with van der Waals surface area (Å²) in [4.78, 5) is 0. The molecule has 0 unspecified atom stereocenters. The first-order chi connectivity index (χ1) is 5.22. The lowest BCUT2D eigenvalue weighted by Crippen LogP contribution is -1.79. The zero-order valence-corrected chi connectivity index (χ0v) is 5.91. The molecule has 0 atom stereocenters. The van der Waals surface area contributed by atoms with Crippen LogP contribution in [0.4, 0.5) is 0 Å². The monoisotopic (exact) mass is 148 g/mol. The van der Waals surface area contributed by atoms with Gasteiger partial charge in [-0.25, -0.2) is 0 Å². The molecule has 0 fully saturated rings. The van der Waals surface area contributed by atoms with Gasteiger partial charge in [-0.2, -0.15) is 0 Å². The average molecular weight is 148 g/mol. The van der Waals surface area contributed by atoms with Crippen molar-refractivity contribution in [1.82, 2.24) is 0 Å². The predicted molar refractivity (Wildman–Crippen MR) is 42.3 cm³/mol. The van der Waals surface area contributed by atoms with E-state index in [9.17, 15) is 0 Å². The van der Waals surface area contributed by atoms with Gasteiger partial charge in [0.1, 0.15) is 11.5 Å². The summed E-state index contributed by atoms with van der Waals surface area (Å²) in [7, 11) is 0. The zero-order chi connectivity index (χ0) is 8.27. The van der Waals surface area contributed by atoms with Gasteiger partial charge in [0.05, 0.1) is 0 Å². The Labute approximate surface area is 65.1 Å². The van der Waals surface area contributed by atoms with E-state index in [0.717, 1.165) is 5.56 Å². The van der Waals surface area contributed by atoms with Crippen LogP contribution in [0.1, 0.15) is 5.56 Å². The maximum absolute atomic E-state index is 8.99. The lowest BCUT2D eigenvalue weighted by Gasteiger charge is -1.98. The number of terminal acetylenes is 1. The molecule has 2 N–H and O–H groups in total. The van der Waals surface area contributed by atoms with Gasteiger partial charge in [0.25, 0.3) is 0 Å². The van der Waals surface area contributed by atoms with Gasteiger partial charge in [0, 0.05) is 12.5 Å². The summed E-state index contributed by atoms with van der Waals surface area (Å²) in [5.74, 6) is 2.49. The fourth-order valence-corrected chi connectivity index (χ4v) is 0.876. The van der Waals surface area contributed by atoms with E-state index >= 15 is 0 Å². The third-order valence-electron chi connectivity index (χ3n) is 1.27. The Hall–Kier alpha value is -1.62. The highest BCUT2D eigenvalue weighted by Crippen LogP contribution is 2.20. The fourth-order valence-electron chi connectivity index (χ4n) is 0.876. The molecule has 2 heteroatoms. The normalized spacial score (nSPS) is 9.00. The van der Waals surface area contributed by atoms with Gasteiger partial charge in [0.2, 0.25) is 0 Å². The minimum absolute atomic E-state index is 0.0373. The molecule has 1 aromatic carbocycles. The molecule has 0 aliphatic heterocycles. The third-order valence-corrected chi connectivity index (χ3v) is 1.27. The van der Waals surface area contributed by atoms with E-state index in [4.69, 9.17) is 16.6 Å². The molecular weight excluding hydrogens is 140 g/mol. The first-order valence-corrected chi connectivity index (χ1v) is 3.18. The highest BCUT2D eigenvalue weighted by molar-refractivity contribution is 5.37. The van der Waals surface area contributed by atoms with Crippen molar-refractivity contribution >= 4 is 0 Å². The van der Waals surface area contributed by atoms with E-state index in [1.54, 1.807) is 0 Å². The predicted octanol–water partition coefficient (Wildman–Crippen LogP) is 1.27. The molecule has 0 saturated heterocycles. The standard InChI is InChI=1S/C9H8O2/c1-2-3-7-4-8(10)6-9(11)5-7/h1,4-6,10-11H,3H2. The summed E-state index contributed by atoms with van der Waals surface area (Å²) >= 11 is 0. The van der Waals surface area contributed by atoms with Crippen LogP contribution in [0.5, 0.6) is 11.5 Å². The molecular formula is C9H8O2. The first-order valence-electron chi connectivity index (χ1n) is 3.18. The molecule has 0 aliphatic carbocycles. The molecule has 1 rings (SSSR count). The summed E-state index contributed by atoms with van der Waals surface area (Å²) in [6.45, 7) is 0. The van der Waals surface area contributed by atoms with Crippen LogP contribution in [0.15, 0.2) is 18.2 Å². The smallest absolute Gasteiger partial charge is 0.119 e. The Morgan fingerprint density at radius 3 is 2.18 bits per heavy atom. The molecule has 0 heterocycles. The molecule has 0 amide bonds. The minimum Gasteiger partial charge on any atom is -0.508 e. The Morgan fingerprint density at radius 1 is 1.18 bits per heavy atom. The van der Waals surface area contributed by atoms with E-state index in [2.05, 4.69) is 5.92 Å². The molecule has 0 aliphatic rings. The van der Waals surface area contributed by atoms with Crippen LogP contribution >= 0.6 is 0 Å². The molecule has 56 valence electrons. The van der Waals surface area contributed by atoms with Crippen molar-refractivity contribution in [1.29, 1.82) is 0 Å². The number of hydrogen-bond donors (Lipinski definition) is 2. The SMILES string of the molecule is C#CCc1cc(O)cc(O)c1. The van der Waals surface area contributed by atoms with Gasteiger partial charge in [-0.15, -0.1) is 12.3 Å². The van der Waals surface area contributed by atoms with Crippen molar-refractivity contribution in [2.45, 2.75) is 6.42 Å². The highest BCUT2D eigenvalue weighted by Gasteiger charge is 1.96. The first kappa shape index (κ1) is 7.49. The van der Waals surface area contributed by atoms with Gasteiger partial charge in [0.15, 0.2) is 0 Å². The molecule has 2 nitrogen and oxygen atoms in total. The summed E-state index contributed by atoms with van der Waals surface area (Å²) in [6.07, 6.45) is 5.47. The number of hydrogen-bond acceptors (Lipinski definition) is 2. The van der Waals surface area contributed by atoms with Crippen LogP contribution in [-0.4, -0.2) is 10.2 Å². The molecule has 0 spiro atoms. The fraction of sp³-hybridized carbons (Fsp3) is 0.111.